The zero-order chi connectivity index (χ0) is 11.4. The van der Waals surface area contributed by atoms with E-state index in [0.29, 0.717) is 0 Å². The van der Waals surface area contributed by atoms with E-state index in [1.165, 1.54) is 10.6 Å². The van der Waals surface area contributed by atoms with Crippen LogP contribution in [-0.4, -0.2) is 16.1 Å². The summed E-state index contributed by atoms with van der Waals surface area (Å²) in [5, 5.41) is 3.35. The number of aromatic nitrogens is 2. The van der Waals surface area contributed by atoms with E-state index in [9.17, 15) is 0 Å². The Morgan fingerprint density at radius 2 is 2.31 bits per heavy atom. The lowest BCUT2D eigenvalue weighted by Crippen LogP contribution is -1.98. The summed E-state index contributed by atoms with van der Waals surface area (Å²) >= 11 is 1.74. The third kappa shape index (κ3) is 2.71. The first-order chi connectivity index (χ1) is 7.79. The summed E-state index contributed by atoms with van der Waals surface area (Å²) < 4.78 is 2.04. The van der Waals surface area contributed by atoms with Crippen molar-refractivity contribution in [1.82, 2.24) is 9.55 Å². The number of thiazole rings is 1. The first-order valence-corrected chi connectivity index (χ1v) is 6.44. The molecular weight excluding hydrogens is 218 g/mol. The second kappa shape index (κ2) is 5.27. The standard InChI is InChI=1S/C12H17N3S/c1-15-7-5-10(8-15)11-9-16-12(14-11)4-2-3-6-13/h5,7-9H,2-4,6,13H2,1H3. The lowest BCUT2D eigenvalue weighted by atomic mass is 10.2. The van der Waals surface area contributed by atoms with Gasteiger partial charge in [0.05, 0.1) is 10.7 Å². The monoisotopic (exact) mass is 235 g/mol. The molecule has 16 heavy (non-hydrogen) atoms. The molecule has 0 saturated carbocycles. The van der Waals surface area contributed by atoms with Crippen LogP contribution in [0.1, 0.15) is 17.8 Å². The minimum Gasteiger partial charge on any atom is -0.357 e. The van der Waals surface area contributed by atoms with Crippen LogP contribution in [-0.2, 0) is 13.5 Å². The first kappa shape index (κ1) is 11.4. The number of unbranched alkanes of at least 4 members (excludes halogenated alkanes) is 1. The van der Waals surface area contributed by atoms with Gasteiger partial charge in [-0.15, -0.1) is 11.3 Å². The van der Waals surface area contributed by atoms with Crippen molar-refractivity contribution in [3.8, 4) is 11.3 Å². The molecule has 0 atom stereocenters. The van der Waals surface area contributed by atoms with Gasteiger partial charge in [0.25, 0.3) is 0 Å². The van der Waals surface area contributed by atoms with Crippen LogP contribution in [0, 0.1) is 0 Å². The molecule has 2 aromatic rings. The van der Waals surface area contributed by atoms with Crippen LogP contribution in [0.25, 0.3) is 11.3 Å². The highest BCUT2D eigenvalue weighted by molar-refractivity contribution is 7.09. The molecule has 86 valence electrons. The van der Waals surface area contributed by atoms with Gasteiger partial charge < -0.3 is 10.3 Å². The second-order valence-corrected chi connectivity index (χ2v) is 4.88. The van der Waals surface area contributed by atoms with Gasteiger partial charge in [-0.3, -0.25) is 0 Å². The molecule has 2 N–H and O–H groups in total. The maximum Gasteiger partial charge on any atom is 0.0932 e. The smallest absolute Gasteiger partial charge is 0.0932 e. The zero-order valence-electron chi connectivity index (χ0n) is 9.52. The van der Waals surface area contributed by atoms with Crippen molar-refractivity contribution in [2.45, 2.75) is 19.3 Å². The molecule has 0 bridgehead atoms. The van der Waals surface area contributed by atoms with E-state index in [0.717, 1.165) is 31.5 Å². The molecule has 2 aromatic heterocycles. The number of nitrogens with zero attached hydrogens (tertiary/aromatic N) is 2. The van der Waals surface area contributed by atoms with E-state index < -0.39 is 0 Å². The van der Waals surface area contributed by atoms with E-state index >= 15 is 0 Å². The summed E-state index contributed by atoms with van der Waals surface area (Å²) in [4.78, 5) is 4.63. The van der Waals surface area contributed by atoms with Gasteiger partial charge in [0.1, 0.15) is 0 Å². The minimum atomic E-state index is 0.775. The fourth-order valence-electron chi connectivity index (χ4n) is 1.63. The fraction of sp³-hybridized carbons (Fsp3) is 0.417. The Kier molecular flexibility index (Phi) is 3.74. The molecule has 2 heterocycles. The molecular formula is C12H17N3S. The Labute approximate surface area is 99.9 Å². The average Bonchev–Trinajstić information content (AvgIpc) is 2.87. The highest BCUT2D eigenvalue weighted by atomic mass is 32.1. The van der Waals surface area contributed by atoms with Crippen LogP contribution >= 0.6 is 11.3 Å². The van der Waals surface area contributed by atoms with Crippen molar-refractivity contribution >= 4 is 11.3 Å². The predicted molar refractivity (Wildman–Crippen MR) is 68.5 cm³/mol. The Hall–Kier alpha value is -1.13. The van der Waals surface area contributed by atoms with Crippen molar-refractivity contribution in [3.63, 3.8) is 0 Å². The molecule has 0 radical (unpaired) electrons. The summed E-state index contributed by atoms with van der Waals surface area (Å²) in [6.45, 7) is 0.775. The highest BCUT2D eigenvalue weighted by Crippen LogP contribution is 2.22. The first-order valence-electron chi connectivity index (χ1n) is 5.56. The third-order valence-corrected chi connectivity index (χ3v) is 3.43. The Balaban J connectivity index is 2.02. The van der Waals surface area contributed by atoms with Gasteiger partial charge in [-0.05, 0) is 31.9 Å². The molecule has 4 heteroatoms. The SMILES string of the molecule is Cn1ccc(-c2csc(CCCCN)n2)c1. The van der Waals surface area contributed by atoms with Crippen LogP contribution in [0.2, 0.25) is 0 Å². The number of hydrogen-bond donors (Lipinski definition) is 1. The molecule has 0 saturated heterocycles. The molecule has 0 aliphatic heterocycles. The maximum absolute atomic E-state index is 5.47. The van der Waals surface area contributed by atoms with Gasteiger partial charge >= 0.3 is 0 Å². The Morgan fingerprint density at radius 3 is 3.00 bits per heavy atom. The van der Waals surface area contributed by atoms with E-state index in [2.05, 4.69) is 22.6 Å². The lowest BCUT2D eigenvalue weighted by molar-refractivity contribution is 0.742. The lowest BCUT2D eigenvalue weighted by Gasteiger charge is -1.94. The summed E-state index contributed by atoms with van der Waals surface area (Å²) in [5.41, 5.74) is 7.76. The topological polar surface area (TPSA) is 43.8 Å². The van der Waals surface area contributed by atoms with Crippen LogP contribution in [0.3, 0.4) is 0 Å². The van der Waals surface area contributed by atoms with Gasteiger partial charge in [0, 0.05) is 30.4 Å². The van der Waals surface area contributed by atoms with Gasteiger partial charge in [0.2, 0.25) is 0 Å². The predicted octanol–water partition coefficient (Wildman–Crippen LogP) is 2.43. The average molecular weight is 235 g/mol. The quantitative estimate of drug-likeness (QED) is 0.809. The molecule has 0 aliphatic rings. The summed E-state index contributed by atoms with van der Waals surface area (Å²) in [6, 6.07) is 2.10. The second-order valence-electron chi connectivity index (χ2n) is 3.94. The number of rotatable bonds is 5. The fourth-order valence-corrected chi connectivity index (χ4v) is 2.48. The molecule has 2 rings (SSSR count). The molecule has 0 unspecified atom stereocenters. The van der Waals surface area contributed by atoms with Crippen LogP contribution in [0.4, 0.5) is 0 Å². The molecule has 0 spiro atoms. The van der Waals surface area contributed by atoms with Crippen molar-refractivity contribution in [2.24, 2.45) is 12.8 Å². The van der Waals surface area contributed by atoms with Gasteiger partial charge in [0.15, 0.2) is 0 Å². The molecule has 0 aliphatic carbocycles. The van der Waals surface area contributed by atoms with E-state index in [4.69, 9.17) is 5.73 Å². The zero-order valence-corrected chi connectivity index (χ0v) is 10.3. The summed E-state index contributed by atoms with van der Waals surface area (Å²) in [6.07, 6.45) is 7.41. The van der Waals surface area contributed by atoms with Gasteiger partial charge in [-0.25, -0.2) is 4.98 Å². The summed E-state index contributed by atoms with van der Waals surface area (Å²) in [7, 11) is 2.03. The van der Waals surface area contributed by atoms with Crippen molar-refractivity contribution in [1.29, 1.82) is 0 Å². The molecule has 0 amide bonds. The van der Waals surface area contributed by atoms with Crippen molar-refractivity contribution in [2.75, 3.05) is 6.54 Å². The van der Waals surface area contributed by atoms with Gasteiger partial charge in [-0.2, -0.15) is 0 Å². The minimum absolute atomic E-state index is 0.775. The van der Waals surface area contributed by atoms with E-state index in [1.54, 1.807) is 11.3 Å². The number of nitrogens with two attached hydrogens (primary N) is 1. The molecule has 0 fully saturated rings. The van der Waals surface area contributed by atoms with Crippen molar-refractivity contribution < 1.29 is 0 Å². The largest absolute Gasteiger partial charge is 0.357 e. The number of hydrogen-bond acceptors (Lipinski definition) is 3. The number of aryl methyl sites for hydroxylation is 2. The maximum atomic E-state index is 5.47. The molecule has 3 nitrogen and oxygen atoms in total. The van der Waals surface area contributed by atoms with E-state index in [1.807, 2.05) is 17.8 Å². The third-order valence-electron chi connectivity index (χ3n) is 2.52. The Bertz CT molecular complexity index is 445. The van der Waals surface area contributed by atoms with Crippen LogP contribution in [0.5, 0.6) is 0 Å². The van der Waals surface area contributed by atoms with E-state index in [-0.39, 0.29) is 0 Å². The Morgan fingerprint density at radius 1 is 1.44 bits per heavy atom. The van der Waals surface area contributed by atoms with Crippen molar-refractivity contribution in [3.05, 3.63) is 28.8 Å². The van der Waals surface area contributed by atoms with Crippen LogP contribution < -0.4 is 5.73 Å². The van der Waals surface area contributed by atoms with Gasteiger partial charge in [-0.1, -0.05) is 0 Å². The molecule has 0 aromatic carbocycles. The summed E-state index contributed by atoms with van der Waals surface area (Å²) in [5.74, 6) is 0. The van der Waals surface area contributed by atoms with Crippen LogP contribution in [0.15, 0.2) is 23.8 Å². The highest BCUT2D eigenvalue weighted by Gasteiger charge is 2.05. The normalized spacial score (nSPS) is 10.9.